The van der Waals surface area contributed by atoms with Gasteiger partial charge < -0.3 is 10.5 Å². The predicted octanol–water partition coefficient (Wildman–Crippen LogP) is 2.02. The zero-order valence-electron chi connectivity index (χ0n) is 8.63. The third kappa shape index (κ3) is 2.70. The van der Waals surface area contributed by atoms with Crippen molar-refractivity contribution in [2.75, 3.05) is 0 Å². The molecule has 86 valence electrons. The third-order valence-corrected chi connectivity index (χ3v) is 2.13. The van der Waals surface area contributed by atoms with E-state index >= 15 is 0 Å². The minimum atomic E-state index is -0.674. The van der Waals surface area contributed by atoms with Crippen molar-refractivity contribution in [3.05, 3.63) is 47.4 Å². The Labute approximate surface area is 102 Å². The molecule has 1 aromatic carbocycles. The first-order valence-corrected chi connectivity index (χ1v) is 5.10. The average molecular weight is 250 g/mol. The number of carbonyl (C=O) groups is 1. The van der Waals surface area contributed by atoms with Crippen LogP contribution in [0.5, 0.6) is 11.6 Å². The summed E-state index contributed by atoms with van der Waals surface area (Å²) >= 11 is 5.63. The van der Waals surface area contributed by atoms with Crippen LogP contribution in [0.1, 0.15) is 10.4 Å². The van der Waals surface area contributed by atoms with E-state index in [1.807, 2.05) is 6.07 Å². The molecule has 0 radical (unpaired) electrons. The van der Waals surface area contributed by atoms with Crippen LogP contribution >= 0.6 is 11.6 Å². The number of amides is 1. The molecule has 0 bridgehead atoms. The first-order chi connectivity index (χ1) is 8.16. The number of primary amides is 1. The van der Waals surface area contributed by atoms with E-state index in [9.17, 15) is 4.79 Å². The second kappa shape index (κ2) is 4.80. The van der Waals surface area contributed by atoms with Crippen molar-refractivity contribution in [3.63, 3.8) is 0 Å². The van der Waals surface area contributed by atoms with Gasteiger partial charge in [0.05, 0.1) is 0 Å². The van der Waals surface area contributed by atoms with Crippen molar-refractivity contribution in [1.29, 1.82) is 0 Å². The molecule has 0 aliphatic carbocycles. The number of hydrogen-bond acceptors (Lipinski definition) is 4. The number of hydrogen-bond donors (Lipinski definition) is 1. The van der Waals surface area contributed by atoms with Crippen LogP contribution in [0.2, 0.25) is 5.28 Å². The number of rotatable bonds is 3. The van der Waals surface area contributed by atoms with Crippen molar-refractivity contribution < 1.29 is 9.53 Å². The molecule has 0 aliphatic heterocycles. The molecule has 6 heteroatoms. The SMILES string of the molecule is NC(=O)c1cnc(Cl)nc1Oc1ccccc1. The Hall–Kier alpha value is -2.14. The molecule has 0 saturated heterocycles. The molecular formula is C11H8ClN3O2. The second-order valence-corrected chi connectivity index (χ2v) is 3.48. The van der Waals surface area contributed by atoms with Crippen LogP contribution in [0.3, 0.4) is 0 Å². The van der Waals surface area contributed by atoms with E-state index in [4.69, 9.17) is 22.1 Å². The van der Waals surface area contributed by atoms with Crippen LogP contribution in [-0.2, 0) is 0 Å². The maximum absolute atomic E-state index is 11.1. The molecule has 0 spiro atoms. The lowest BCUT2D eigenvalue weighted by atomic mass is 10.3. The number of ether oxygens (including phenoxy) is 1. The minimum Gasteiger partial charge on any atom is -0.438 e. The van der Waals surface area contributed by atoms with Crippen LogP contribution < -0.4 is 10.5 Å². The van der Waals surface area contributed by atoms with Gasteiger partial charge in [-0.05, 0) is 23.7 Å². The Balaban J connectivity index is 2.37. The quantitative estimate of drug-likeness (QED) is 0.844. The highest BCUT2D eigenvalue weighted by molar-refractivity contribution is 6.28. The number of halogens is 1. The predicted molar refractivity (Wildman–Crippen MR) is 62.1 cm³/mol. The van der Waals surface area contributed by atoms with Gasteiger partial charge in [-0.1, -0.05) is 18.2 Å². The molecule has 5 nitrogen and oxygen atoms in total. The van der Waals surface area contributed by atoms with Gasteiger partial charge in [-0.15, -0.1) is 0 Å². The number of carbonyl (C=O) groups excluding carboxylic acids is 1. The summed E-state index contributed by atoms with van der Waals surface area (Å²) in [4.78, 5) is 18.6. The number of benzene rings is 1. The van der Waals surface area contributed by atoms with Gasteiger partial charge in [0.1, 0.15) is 11.3 Å². The third-order valence-electron chi connectivity index (χ3n) is 1.95. The van der Waals surface area contributed by atoms with E-state index in [2.05, 4.69) is 9.97 Å². The highest BCUT2D eigenvalue weighted by atomic mass is 35.5. The van der Waals surface area contributed by atoms with E-state index in [0.29, 0.717) is 5.75 Å². The van der Waals surface area contributed by atoms with Crippen molar-refractivity contribution >= 4 is 17.5 Å². The number of para-hydroxylation sites is 1. The van der Waals surface area contributed by atoms with E-state index in [1.54, 1.807) is 24.3 Å². The standard InChI is InChI=1S/C11H8ClN3O2/c12-11-14-6-8(9(13)16)10(15-11)17-7-4-2-1-3-5-7/h1-6H,(H2,13,16). The second-order valence-electron chi connectivity index (χ2n) is 3.14. The van der Waals surface area contributed by atoms with Gasteiger partial charge in [-0.25, -0.2) is 4.98 Å². The summed E-state index contributed by atoms with van der Waals surface area (Å²) in [6.45, 7) is 0. The molecule has 1 heterocycles. The summed E-state index contributed by atoms with van der Waals surface area (Å²) in [6, 6.07) is 8.88. The highest BCUT2D eigenvalue weighted by Crippen LogP contribution is 2.23. The molecule has 2 N–H and O–H groups in total. The van der Waals surface area contributed by atoms with Crippen LogP contribution in [0.15, 0.2) is 36.5 Å². The van der Waals surface area contributed by atoms with Crippen molar-refractivity contribution in [2.45, 2.75) is 0 Å². The van der Waals surface area contributed by atoms with Gasteiger partial charge in [0.2, 0.25) is 11.2 Å². The topological polar surface area (TPSA) is 78.1 Å². The fraction of sp³-hybridized carbons (Fsp3) is 0. The van der Waals surface area contributed by atoms with Gasteiger partial charge in [-0.3, -0.25) is 4.79 Å². The normalized spacial score (nSPS) is 9.94. The molecular weight excluding hydrogens is 242 g/mol. The largest absolute Gasteiger partial charge is 0.438 e. The molecule has 0 aliphatic rings. The van der Waals surface area contributed by atoms with Gasteiger partial charge >= 0.3 is 0 Å². The lowest BCUT2D eigenvalue weighted by Gasteiger charge is -2.07. The summed E-state index contributed by atoms with van der Waals surface area (Å²) in [5.41, 5.74) is 5.26. The Kier molecular flexibility index (Phi) is 3.20. The lowest BCUT2D eigenvalue weighted by Crippen LogP contribution is -2.13. The zero-order chi connectivity index (χ0) is 12.3. The molecule has 0 atom stereocenters. The maximum atomic E-state index is 11.1. The summed E-state index contributed by atoms with van der Waals surface area (Å²) in [5, 5.41) is -0.0130. The van der Waals surface area contributed by atoms with Gasteiger partial charge in [-0.2, -0.15) is 4.98 Å². The maximum Gasteiger partial charge on any atom is 0.255 e. The molecule has 2 aromatic rings. The van der Waals surface area contributed by atoms with Gasteiger partial charge in [0.25, 0.3) is 5.91 Å². The van der Waals surface area contributed by atoms with E-state index < -0.39 is 5.91 Å². The molecule has 1 aromatic heterocycles. The summed E-state index contributed by atoms with van der Waals surface area (Å²) in [5.74, 6) is -0.0962. The fourth-order valence-electron chi connectivity index (χ4n) is 1.19. The first-order valence-electron chi connectivity index (χ1n) is 4.72. The van der Waals surface area contributed by atoms with Crippen molar-refractivity contribution in [2.24, 2.45) is 5.73 Å². The molecule has 17 heavy (non-hydrogen) atoms. The average Bonchev–Trinajstić information content (AvgIpc) is 2.30. The summed E-state index contributed by atoms with van der Waals surface area (Å²) in [7, 11) is 0. The molecule has 0 unspecified atom stereocenters. The first kappa shape index (κ1) is 11.3. The van der Waals surface area contributed by atoms with Crippen LogP contribution in [0.25, 0.3) is 0 Å². The Morgan fingerprint density at radius 2 is 2.00 bits per heavy atom. The van der Waals surface area contributed by atoms with Gasteiger partial charge in [0, 0.05) is 6.20 Å². The molecule has 0 saturated carbocycles. The monoisotopic (exact) mass is 249 g/mol. The Morgan fingerprint density at radius 3 is 2.65 bits per heavy atom. The van der Waals surface area contributed by atoms with E-state index in [-0.39, 0.29) is 16.7 Å². The molecule has 2 rings (SSSR count). The molecule has 1 amide bonds. The lowest BCUT2D eigenvalue weighted by molar-refractivity contribution is 0.0997. The Morgan fingerprint density at radius 1 is 1.29 bits per heavy atom. The summed E-state index contributed by atoms with van der Waals surface area (Å²) in [6.07, 6.45) is 1.23. The van der Waals surface area contributed by atoms with Crippen LogP contribution in [0.4, 0.5) is 0 Å². The van der Waals surface area contributed by atoms with Gasteiger partial charge in [0.15, 0.2) is 0 Å². The fourth-order valence-corrected chi connectivity index (χ4v) is 1.32. The van der Waals surface area contributed by atoms with E-state index in [0.717, 1.165) is 0 Å². The van der Waals surface area contributed by atoms with E-state index in [1.165, 1.54) is 6.20 Å². The van der Waals surface area contributed by atoms with Crippen molar-refractivity contribution in [1.82, 2.24) is 9.97 Å². The Bertz CT molecular complexity index is 546. The number of aromatic nitrogens is 2. The van der Waals surface area contributed by atoms with Crippen LogP contribution in [0, 0.1) is 0 Å². The minimum absolute atomic E-state index is 0.0130. The number of nitrogens with zero attached hydrogens (tertiary/aromatic N) is 2. The highest BCUT2D eigenvalue weighted by Gasteiger charge is 2.13. The van der Waals surface area contributed by atoms with Crippen LogP contribution in [-0.4, -0.2) is 15.9 Å². The zero-order valence-corrected chi connectivity index (χ0v) is 9.39. The summed E-state index contributed by atoms with van der Waals surface area (Å²) < 4.78 is 5.42. The number of nitrogens with two attached hydrogens (primary N) is 1. The van der Waals surface area contributed by atoms with Crippen molar-refractivity contribution in [3.8, 4) is 11.6 Å². The molecule has 0 fully saturated rings. The smallest absolute Gasteiger partial charge is 0.255 e.